The van der Waals surface area contributed by atoms with Crippen LogP contribution < -0.4 is 4.74 Å². The molecule has 0 radical (unpaired) electrons. The molecule has 0 saturated carbocycles. The van der Waals surface area contributed by atoms with Gasteiger partial charge in [0.15, 0.2) is 0 Å². The summed E-state index contributed by atoms with van der Waals surface area (Å²) in [6.07, 6.45) is 0. The SMILES string of the molecule is Cc1ccc(OCCN(C)C(=O)c2cc(S(=O)(=O)N(C)C)ccc2C)cc1. The quantitative estimate of drug-likeness (QED) is 0.729. The predicted octanol–water partition coefficient (Wildman–Crippen LogP) is 2.70. The van der Waals surface area contributed by atoms with Crippen LogP contribution in [0.4, 0.5) is 0 Å². The number of benzene rings is 2. The molecule has 0 aliphatic carbocycles. The lowest BCUT2D eigenvalue weighted by atomic mass is 10.1. The molecule has 0 heterocycles. The Morgan fingerprint density at radius 2 is 1.63 bits per heavy atom. The van der Waals surface area contributed by atoms with Crippen LogP contribution in [0.1, 0.15) is 21.5 Å². The minimum absolute atomic E-state index is 0.103. The van der Waals surface area contributed by atoms with Gasteiger partial charge in [-0.05, 0) is 43.7 Å². The molecular weight excluding hydrogens is 364 g/mol. The Kier molecular flexibility index (Phi) is 6.62. The number of aryl methyl sites for hydroxylation is 2. The normalized spacial score (nSPS) is 11.5. The first-order valence-corrected chi connectivity index (χ1v) is 10.0. The van der Waals surface area contributed by atoms with E-state index >= 15 is 0 Å². The van der Waals surface area contributed by atoms with Crippen LogP contribution >= 0.6 is 0 Å². The van der Waals surface area contributed by atoms with E-state index in [1.54, 1.807) is 20.0 Å². The zero-order chi connectivity index (χ0) is 20.2. The molecule has 0 aliphatic rings. The molecule has 1 amide bonds. The number of sulfonamides is 1. The highest BCUT2D eigenvalue weighted by atomic mass is 32.2. The summed E-state index contributed by atoms with van der Waals surface area (Å²) >= 11 is 0. The van der Waals surface area contributed by atoms with Crippen molar-refractivity contribution in [2.45, 2.75) is 18.7 Å². The summed E-state index contributed by atoms with van der Waals surface area (Å²) in [5, 5.41) is 0. The number of ether oxygens (including phenoxy) is 1. The number of carbonyl (C=O) groups is 1. The number of nitrogens with zero attached hydrogens (tertiary/aromatic N) is 2. The van der Waals surface area contributed by atoms with E-state index in [-0.39, 0.29) is 10.8 Å². The van der Waals surface area contributed by atoms with Gasteiger partial charge >= 0.3 is 0 Å². The van der Waals surface area contributed by atoms with Crippen molar-refractivity contribution in [1.29, 1.82) is 0 Å². The van der Waals surface area contributed by atoms with Crippen molar-refractivity contribution in [3.63, 3.8) is 0 Å². The molecule has 0 bridgehead atoms. The molecule has 0 aromatic heterocycles. The lowest BCUT2D eigenvalue weighted by molar-refractivity contribution is 0.0773. The van der Waals surface area contributed by atoms with E-state index in [1.807, 2.05) is 31.2 Å². The van der Waals surface area contributed by atoms with Gasteiger partial charge in [0, 0.05) is 26.7 Å². The van der Waals surface area contributed by atoms with E-state index in [0.717, 1.165) is 21.2 Å². The highest BCUT2D eigenvalue weighted by Gasteiger charge is 2.21. The van der Waals surface area contributed by atoms with E-state index in [9.17, 15) is 13.2 Å². The summed E-state index contributed by atoms with van der Waals surface area (Å²) in [5.74, 6) is 0.507. The lowest BCUT2D eigenvalue weighted by Crippen LogP contribution is -2.31. The maximum Gasteiger partial charge on any atom is 0.254 e. The summed E-state index contributed by atoms with van der Waals surface area (Å²) in [6, 6.07) is 12.3. The zero-order valence-electron chi connectivity index (χ0n) is 16.4. The minimum Gasteiger partial charge on any atom is -0.492 e. The summed E-state index contributed by atoms with van der Waals surface area (Å²) < 4.78 is 31.4. The van der Waals surface area contributed by atoms with Crippen LogP contribution in [-0.4, -0.2) is 57.8 Å². The number of hydrogen-bond acceptors (Lipinski definition) is 4. The van der Waals surface area contributed by atoms with Gasteiger partial charge in [0.25, 0.3) is 5.91 Å². The van der Waals surface area contributed by atoms with Crippen molar-refractivity contribution >= 4 is 15.9 Å². The molecule has 0 unspecified atom stereocenters. The van der Waals surface area contributed by atoms with Crippen molar-refractivity contribution in [1.82, 2.24) is 9.21 Å². The molecular formula is C20H26N2O4S. The van der Waals surface area contributed by atoms with Gasteiger partial charge in [-0.3, -0.25) is 4.79 Å². The van der Waals surface area contributed by atoms with Crippen LogP contribution in [0.2, 0.25) is 0 Å². The molecule has 146 valence electrons. The third-order valence-corrected chi connectivity index (χ3v) is 6.09. The Labute approximate surface area is 161 Å². The fraction of sp³-hybridized carbons (Fsp3) is 0.350. The number of rotatable bonds is 7. The fourth-order valence-electron chi connectivity index (χ4n) is 2.44. The summed E-state index contributed by atoms with van der Waals surface area (Å²) in [4.78, 5) is 14.4. The summed E-state index contributed by atoms with van der Waals surface area (Å²) in [7, 11) is 1.01. The average molecular weight is 391 g/mol. The summed E-state index contributed by atoms with van der Waals surface area (Å²) in [6.45, 7) is 4.52. The predicted molar refractivity (Wildman–Crippen MR) is 106 cm³/mol. The maximum atomic E-state index is 12.8. The smallest absolute Gasteiger partial charge is 0.254 e. The molecule has 0 fully saturated rings. The highest BCUT2D eigenvalue weighted by Crippen LogP contribution is 2.19. The molecule has 2 aromatic carbocycles. The van der Waals surface area contributed by atoms with Crippen LogP contribution in [0.5, 0.6) is 5.75 Å². The Bertz CT molecular complexity index is 906. The topological polar surface area (TPSA) is 66.9 Å². The second kappa shape index (κ2) is 8.54. The van der Waals surface area contributed by atoms with E-state index in [2.05, 4.69) is 0 Å². The third kappa shape index (κ3) is 5.08. The number of carbonyl (C=O) groups excluding carboxylic acids is 1. The van der Waals surface area contributed by atoms with Crippen LogP contribution in [0.3, 0.4) is 0 Å². The summed E-state index contributed by atoms with van der Waals surface area (Å²) in [5.41, 5.74) is 2.25. The Morgan fingerprint density at radius 3 is 2.22 bits per heavy atom. The maximum absolute atomic E-state index is 12.8. The zero-order valence-corrected chi connectivity index (χ0v) is 17.2. The number of likely N-dealkylation sites (N-methyl/N-ethyl adjacent to an activating group) is 1. The van der Waals surface area contributed by atoms with Crippen molar-refractivity contribution < 1.29 is 17.9 Å². The average Bonchev–Trinajstić information content (AvgIpc) is 2.62. The van der Waals surface area contributed by atoms with Crippen molar-refractivity contribution in [3.05, 3.63) is 59.2 Å². The molecule has 0 saturated heterocycles. The van der Waals surface area contributed by atoms with E-state index in [1.165, 1.54) is 31.1 Å². The molecule has 0 spiro atoms. The Balaban J connectivity index is 2.08. The third-order valence-electron chi connectivity index (χ3n) is 4.28. The molecule has 27 heavy (non-hydrogen) atoms. The van der Waals surface area contributed by atoms with E-state index in [4.69, 9.17) is 4.74 Å². The van der Waals surface area contributed by atoms with Gasteiger partial charge in [-0.2, -0.15) is 0 Å². The van der Waals surface area contributed by atoms with Gasteiger partial charge in [0.1, 0.15) is 12.4 Å². The monoisotopic (exact) mass is 390 g/mol. The van der Waals surface area contributed by atoms with Crippen molar-refractivity contribution in [3.8, 4) is 5.75 Å². The van der Waals surface area contributed by atoms with Gasteiger partial charge in [0.05, 0.1) is 11.4 Å². The largest absolute Gasteiger partial charge is 0.492 e. The van der Waals surface area contributed by atoms with Gasteiger partial charge in [0.2, 0.25) is 10.0 Å². The van der Waals surface area contributed by atoms with Crippen LogP contribution in [0, 0.1) is 13.8 Å². The van der Waals surface area contributed by atoms with Crippen LogP contribution in [0.15, 0.2) is 47.4 Å². The van der Waals surface area contributed by atoms with Crippen LogP contribution in [-0.2, 0) is 10.0 Å². The molecule has 6 nitrogen and oxygen atoms in total. The van der Waals surface area contributed by atoms with Crippen molar-refractivity contribution in [2.24, 2.45) is 0 Å². The standard InChI is InChI=1S/C20H26N2O4S/c1-15-6-9-17(10-7-15)26-13-12-22(5)20(23)19-14-18(11-8-16(19)2)27(24,25)21(3)4/h6-11,14H,12-13H2,1-5H3. The van der Waals surface area contributed by atoms with Gasteiger partial charge in [-0.15, -0.1) is 0 Å². The highest BCUT2D eigenvalue weighted by molar-refractivity contribution is 7.89. The molecule has 2 aromatic rings. The molecule has 7 heteroatoms. The number of hydrogen-bond donors (Lipinski definition) is 0. The first kappa shape index (κ1) is 20.9. The van der Waals surface area contributed by atoms with Crippen LogP contribution in [0.25, 0.3) is 0 Å². The van der Waals surface area contributed by atoms with E-state index in [0.29, 0.717) is 18.7 Å². The molecule has 0 aliphatic heterocycles. The lowest BCUT2D eigenvalue weighted by Gasteiger charge is -2.20. The van der Waals surface area contributed by atoms with Gasteiger partial charge < -0.3 is 9.64 Å². The fourth-order valence-corrected chi connectivity index (χ4v) is 3.37. The molecule has 2 rings (SSSR count). The second-order valence-corrected chi connectivity index (χ2v) is 8.80. The molecule has 0 N–H and O–H groups in total. The first-order chi connectivity index (χ1) is 12.6. The van der Waals surface area contributed by atoms with Crippen molar-refractivity contribution in [2.75, 3.05) is 34.3 Å². The van der Waals surface area contributed by atoms with Gasteiger partial charge in [-0.1, -0.05) is 23.8 Å². The molecule has 0 atom stereocenters. The minimum atomic E-state index is -3.59. The second-order valence-electron chi connectivity index (χ2n) is 6.65. The Morgan fingerprint density at radius 1 is 1.00 bits per heavy atom. The Hall–Kier alpha value is -2.38. The number of amides is 1. The first-order valence-electron chi connectivity index (χ1n) is 8.61. The van der Waals surface area contributed by atoms with E-state index < -0.39 is 10.0 Å². The van der Waals surface area contributed by atoms with Gasteiger partial charge in [-0.25, -0.2) is 12.7 Å².